The molecule has 0 saturated heterocycles. The third-order valence-corrected chi connectivity index (χ3v) is 5.01. The lowest BCUT2D eigenvalue weighted by molar-refractivity contribution is 0.418. The van der Waals surface area contributed by atoms with Crippen LogP contribution in [0.5, 0.6) is 5.75 Å². The van der Waals surface area contributed by atoms with E-state index in [-0.39, 0.29) is 3.74 Å². The minimum atomic E-state index is 0.0580. The highest BCUT2D eigenvalue weighted by molar-refractivity contribution is 9.24. The van der Waals surface area contributed by atoms with E-state index in [1.54, 1.807) is 7.11 Å². The summed E-state index contributed by atoms with van der Waals surface area (Å²) in [5.74, 6) is 0.836. The Morgan fingerprint density at radius 1 is 1.10 bits per heavy atom. The lowest BCUT2D eigenvalue weighted by atomic mass is 10.0. The van der Waals surface area contributed by atoms with Gasteiger partial charge in [0.1, 0.15) is 5.75 Å². The lowest BCUT2D eigenvalue weighted by Crippen LogP contribution is -1.94. The van der Waals surface area contributed by atoms with Crippen LogP contribution in [0, 0.1) is 0 Å². The van der Waals surface area contributed by atoms with Crippen LogP contribution in [-0.4, -0.2) is 12.1 Å². The maximum Gasteiger partial charge on any atom is 0.141 e. The first-order valence-corrected chi connectivity index (χ1v) is 8.58. The Balaban J connectivity index is 2.60. The Morgan fingerprint density at radius 2 is 1.80 bits per heavy atom. The Bertz CT molecular complexity index is 802. The lowest BCUT2D eigenvalue weighted by Gasteiger charge is -2.15. The van der Waals surface area contributed by atoms with E-state index in [2.05, 4.69) is 58.8 Å². The second kappa shape index (κ2) is 5.62. The molecule has 20 heavy (non-hydrogen) atoms. The van der Waals surface area contributed by atoms with Gasteiger partial charge in [-0.1, -0.05) is 56.1 Å². The summed E-state index contributed by atoms with van der Waals surface area (Å²) < 4.78 is 6.59. The Morgan fingerprint density at radius 3 is 2.45 bits per heavy atom. The zero-order chi connectivity index (χ0) is 14.3. The Kier molecular flexibility index (Phi) is 4.02. The largest absolute Gasteiger partial charge is 0.495 e. The van der Waals surface area contributed by atoms with Crippen LogP contribution in [0.2, 0.25) is 0 Å². The average Bonchev–Trinajstić information content (AvgIpc) is 2.47. The molecule has 0 aliphatic heterocycles. The van der Waals surface area contributed by atoms with E-state index < -0.39 is 0 Å². The molecule has 0 spiro atoms. The van der Waals surface area contributed by atoms with Gasteiger partial charge in [0, 0.05) is 22.4 Å². The summed E-state index contributed by atoms with van der Waals surface area (Å²) in [7, 11) is 1.69. The average molecular weight is 460 g/mol. The molecular formula is C15H10Br3NO. The van der Waals surface area contributed by atoms with Gasteiger partial charge in [0.05, 0.1) is 20.8 Å². The van der Waals surface area contributed by atoms with Gasteiger partial charge in [-0.05, 0) is 27.6 Å². The van der Waals surface area contributed by atoms with Crippen molar-refractivity contribution >= 4 is 69.5 Å². The van der Waals surface area contributed by atoms with E-state index in [9.17, 15) is 0 Å². The molecule has 0 atom stereocenters. The third-order valence-electron chi connectivity index (χ3n) is 3.27. The standard InChI is InChI=1S/C15H10Br3NO/c1-20-14-9-5-3-2-4-8(9)13-11(12(14)16)10(15(17)18)6-7-19-13/h2-7,15H,1H3. The van der Waals surface area contributed by atoms with Gasteiger partial charge in [-0.2, -0.15) is 0 Å². The van der Waals surface area contributed by atoms with Crippen molar-refractivity contribution in [2.45, 2.75) is 3.74 Å². The predicted molar refractivity (Wildman–Crippen MR) is 94.1 cm³/mol. The topological polar surface area (TPSA) is 22.1 Å². The van der Waals surface area contributed by atoms with E-state index in [1.165, 1.54) is 0 Å². The van der Waals surface area contributed by atoms with Crippen molar-refractivity contribution in [1.29, 1.82) is 0 Å². The van der Waals surface area contributed by atoms with E-state index in [4.69, 9.17) is 4.74 Å². The van der Waals surface area contributed by atoms with Gasteiger partial charge in [-0.3, -0.25) is 4.98 Å². The number of ether oxygens (including phenoxy) is 1. The highest BCUT2D eigenvalue weighted by atomic mass is 79.9. The van der Waals surface area contributed by atoms with Crippen LogP contribution < -0.4 is 4.74 Å². The number of fused-ring (bicyclic) bond motifs is 3. The number of halogens is 3. The van der Waals surface area contributed by atoms with Gasteiger partial charge in [0.15, 0.2) is 0 Å². The van der Waals surface area contributed by atoms with Crippen LogP contribution in [0.1, 0.15) is 9.30 Å². The normalized spacial score (nSPS) is 11.4. The molecular weight excluding hydrogens is 450 g/mol. The molecule has 0 aliphatic carbocycles. The summed E-state index contributed by atoms with van der Waals surface area (Å²) in [5, 5.41) is 3.20. The van der Waals surface area contributed by atoms with Gasteiger partial charge < -0.3 is 4.74 Å². The van der Waals surface area contributed by atoms with Crippen LogP contribution in [0.3, 0.4) is 0 Å². The molecule has 2 aromatic carbocycles. The van der Waals surface area contributed by atoms with E-state index in [0.29, 0.717) is 0 Å². The summed E-state index contributed by atoms with van der Waals surface area (Å²) >= 11 is 10.8. The number of pyridine rings is 1. The van der Waals surface area contributed by atoms with E-state index in [0.717, 1.165) is 37.5 Å². The molecule has 0 amide bonds. The smallest absolute Gasteiger partial charge is 0.141 e. The number of aromatic nitrogens is 1. The minimum Gasteiger partial charge on any atom is -0.495 e. The van der Waals surface area contributed by atoms with Crippen molar-refractivity contribution in [3.8, 4) is 5.75 Å². The first-order valence-electron chi connectivity index (χ1n) is 5.96. The molecule has 0 saturated carbocycles. The first kappa shape index (κ1) is 14.3. The quantitative estimate of drug-likeness (QED) is 0.349. The molecule has 0 unspecified atom stereocenters. The van der Waals surface area contributed by atoms with Crippen molar-refractivity contribution in [3.05, 3.63) is 46.6 Å². The molecule has 0 aliphatic rings. The molecule has 0 fully saturated rings. The second-order valence-corrected chi connectivity index (χ2v) is 8.17. The summed E-state index contributed by atoms with van der Waals surface area (Å²) in [6.45, 7) is 0. The summed E-state index contributed by atoms with van der Waals surface area (Å²) in [5.41, 5.74) is 2.08. The molecule has 0 N–H and O–H groups in total. The fourth-order valence-electron chi connectivity index (χ4n) is 2.41. The van der Waals surface area contributed by atoms with E-state index >= 15 is 0 Å². The number of rotatable bonds is 2. The van der Waals surface area contributed by atoms with Gasteiger partial charge >= 0.3 is 0 Å². The predicted octanol–water partition coefficient (Wildman–Crippen LogP) is 5.95. The van der Waals surface area contributed by atoms with Crippen LogP contribution >= 0.6 is 47.8 Å². The minimum absolute atomic E-state index is 0.0580. The third kappa shape index (κ3) is 2.16. The van der Waals surface area contributed by atoms with Crippen molar-refractivity contribution in [2.75, 3.05) is 7.11 Å². The Hall–Kier alpha value is -0.650. The number of methoxy groups -OCH3 is 1. The monoisotopic (exact) mass is 457 g/mol. The maximum atomic E-state index is 5.60. The SMILES string of the molecule is COc1c(Br)c2c(C(Br)Br)ccnc2c2ccccc12. The summed E-state index contributed by atoms with van der Waals surface area (Å²) in [6.07, 6.45) is 1.83. The molecule has 5 heteroatoms. The van der Waals surface area contributed by atoms with Crippen molar-refractivity contribution in [2.24, 2.45) is 0 Å². The van der Waals surface area contributed by atoms with Crippen molar-refractivity contribution < 1.29 is 4.74 Å². The number of alkyl halides is 2. The van der Waals surface area contributed by atoms with Crippen LogP contribution in [0.4, 0.5) is 0 Å². The van der Waals surface area contributed by atoms with Crippen LogP contribution in [-0.2, 0) is 0 Å². The van der Waals surface area contributed by atoms with Crippen LogP contribution in [0.15, 0.2) is 41.0 Å². The van der Waals surface area contributed by atoms with Gasteiger partial charge in [0.25, 0.3) is 0 Å². The maximum absolute atomic E-state index is 5.60. The van der Waals surface area contributed by atoms with Gasteiger partial charge in [-0.25, -0.2) is 0 Å². The fourth-order valence-corrected chi connectivity index (χ4v) is 3.97. The molecule has 0 radical (unpaired) electrons. The molecule has 1 heterocycles. The zero-order valence-electron chi connectivity index (χ0n) is 10.5. The first-order chi connectivity index (χ1) is 9.65. The number of hydrogen-bond donors (Lipinski definition) is 0. The molecule has 3 aromatic rings. The summed E-state index contributed by atoms with van der Waals surface area (Å²) in [6, 6.07) is 10.1. The van der Waals surface area contributed by atoms with Crippen molar-refractivity contribution in [3.63, 3.8) is 0 Å². The van der Waals surface area contributed by atoms with Gasteiger partial charge in [-0.15, -0.1) is 0 Å². The van der Waals surface area contributed by atoms with E-state index in [1.807, 2.05) is 30.5 Å². The second-order valence-electron chi connectivity index (χ2n) is 4.32. The highest BCUT2D eigenvalue weighted by Gasteiger charge is 2.18. The Labute approximate surface area is 141 Å². The highest BCUT2D eigenvalue weighted by Crippen LogP contribution is 2.45. The number of benzene rings is 2. The van der Waals surface area contributed by atoms with Crippen molar-refractivity contribution in [1.82, 2.24) is 4.98 Å². The molecule has 2 nitrogen and oxygen atoms in total. The molecule has 3 rings (SSSR count). The molecule has 102 valence electrons. The molecule has 1 aromatic heterocycles. The fraction of sp³-hybridized carbons (Fsp3) is 0.133. The van der Waals surface area contributed by atoms with Gasteiger partial charge in [0.2, 0.25) is 0 Å². The number of nitrogens with zero attached hydrogens (tertiary/aromatic N) is 1. The molecule has 0 bridgehead atoms. The zero-order valence-corrected chi connectivity index (χ0v) is 15.3. The van der Waals surface area contributed by atoms with Crippen LogP contribution in [0.25, 0.3) is 21.7 Å². The number of hydrogen-bond acceptors (Lipinski definition) is 2. The summed E-state index contributed by atoms with van der Waals surface area (Å²) in [4.78, 5) is 4.56.